The highest BCUT2D eigenvalue weighted by Crippen LogP contribution is 2.32. The van der Waals surface area contributed by atoms with E-state index in [1.165, 1.54) is 0 Å². The van der Waals surface area contributed by atoms with Gasteiger partial charge in [0.15, 0.2) is 11.7 Å². The predicted molar refractivity (Wildman–Crippen MR) is 78.6 cm³/mol. The SMILES string of the molecule is CN(CC1CC(O)C1)c1ccc(/C(N)=N/O)c(Br)c1F. The lowest BCUT2D eigenvalue weighted by Crippen LogP contribution is -2.37. The van der Waals surface area contributed by atoms with Crippen molar-refractivity contribution in [3.63, 3.8) is 0 Å². The lowest BCUT2D eigenvalue weighted by molar-refractivity contribution is 0.0464. The Bertz CT molecular complexity index is 533. The van der Waals surface area contributed by atoms with Crippen LogP contribution < -0.4 is 10.6 Å². The van der Waals surface area contributed by atoms with Gasteiger partial charge in [-0.3, -0.25) is 0 Å². The third-order valence-electron chi connectivity index (χ3n) is 3.60. The van der Waals surface area contributed by atoms with E-state index in [4.69, 9.17) is 10.9 Å². The molecule has 0 spiro atoms. The molecule has 2 rings (SSSR count). The summed E-state index contributed by atoms with van der Waals surface area (Å²) >= 11 is 3.13. The van der Waals surface area contributed by atoms with Crippen molar-refractivity contribution in [2.75, 3.05) is 18.5 Å². The number of halogens is 2. The summed E-state index contributed by atoms with van der Waals surface area (Å²) in [6.07, 6.45) is 1.30. The summed E-state index contributed by atoms with van der Waals surface area (Å²) in [5, 5.41) is 20.8. The fourth-order valence-corrected chi connectivity index (χ4v) is 2.96. The van der Waals surface area contributed by atoms with Crippen LogP contribution in [-0.4, -0.2) is 35.8 Å². The van der Waals surface area contributed by atoms with Crippen molar-refractivity contribution in [2.45, 2.75) is 18.9 Å². The molecule has 0 heterocycles. The number of rotatable bonds is 4. The number of hydrogen-bond acceptors (Lipinski definition) is 4. The summed E-state index contributed by atoms with van der Waals surface area (Å²) in [6, 6.07) is 3.20. The van der Waals surface area contributed by atoms with Gasteiger partial charge in [0.25, 0.3) is 0 Å². The predicted octanol–water partition coefficient (Wildman–Crippen LogP) is 1.89. The van der Waals surface area contributed by atoms with Crippen LogP contribution in [0.15, 0.2) is 21.8 Å². The highest BCUT2D eigenvalue weighted by atomic mass is 79.9. The van der Waals surface area contributed by atoms with Gasteiger partial charge in [-0.25, -0.2) is 4.39 Å². The molecule has 0 atom stereocenters. The summed E-state index contributed by atoms with van der Waals surface area (Å²) in [7, 11) is 1.80. The number of anilines is 1. The van der Waals surface area contributed by atoms with E-state index in [0.717, 1.165) is 12.8 Å². The number of hydrogen-bond donors (Lipinski definition) is 3. The van der Waals surface area contributed by atoms with Gasteiger partial charge in [-0.05, 0) is 46.8 Å². The van der Waals surface area contributed by atoms with E-state index >= 15 is 0 Å². The van der Waals surface area contributed by atoms with Crippen LogP contribution in [0.5, 0.6) is 0 Å². The largest absolute Gasteiger partial charge is 0.409 e. The minimum absolute atomic E-state index is 0.146. The van der Waals surface area contributed by atoms with Crippen molar-refractivity contribution < 1.29 is 14.7 Å². The van der Waals surface area contributed by atoms with Gasteiger partial charge >= 0.3 is 0 Å². The van der Waals surface area contributed by atoms with E-state index in [9.17, 15) is 9.50 Å². The molecule has 1 saturated carbocycles. The van der Waals surface area contributed by atoms with Crippen LogP contribution in [0, 0.1) is 11.7 Å². The van der Waals surface area contributed by atoms with Crippen molar-refractivity contribution in [3.05, 3.63) is 28.0 Å². The zero-order valence-corrected chi connectivity index (χ0v) is 12.6. The van der Waals surface area contributed by atoms with Crippen molar-refractivity contribution in [1.29, 1.82) is 0 Å². The van der Waals surface area contributed by atoms with Gasteiger partial charge in [0.05, 0.1) is 16.3 Å². The number of nitrogens with zero attached hydrogens (tertiary/aromatic N) is 2. The molecule has 0 aromatic heterocycles. The van der Waals surface area contributed by atoms with Gasteiger partial charge in [0.1, 0.15) is 0 Å². The first-order valence-electron chi connectivity index (χ1n) is 6.29. The fraction of sp³-hybridized carbons (Fsp3) is 0.462. The average molecular weight is 346 g/mol. The Morgan fingerprint density at radius 3 is 2.75 bits per heavy atom. The Balaban J connectivity index is 2.18. The van der Waals surface area contributed by atoms with E-state index < -0.39 is 5.82 Å². The average Bonchev–Trinajstić information content (AvgIpc) is 2.39. The molecule has 4 N–H and O–H groups in total. The van der Waals surface area contributed by atoms with E-state index in [1.807, 2.05) is 4.90 Å². The fourth-order valence-electron chi connectivity index (χ4n) is 2.42. The maximum Gasteiger partial charge on any atom is 0.171 e. The Morgan fingerprint density at radius 2 is 2.20 bits per heavy atom. The monoisotopic (exact) mass is 345 g/mol. The number of benzene rings is 1. The third kappa shape index (κ3) is 2.88. The molecule has 20 heavy (non-hydrogen) atoms. The highest BCUT2D eigenvalue weighted by Gasteiger charge is 2.28. The summed E-state index contributed by atoms with van der Waals surface area (Å²) in [5.74, 6) is -0.208. The second-order valence-electron chi connectivity index (χ2n) is 5.12. The quantitative estimate of drug-likeness (QED) is 0.337. The van der Waals surface area contributed by atoms with Crippen molar-refractivity contribution in [2.24, 2.45) is 16.8 Å². The van der Waals surface area contributed by atoms with Crippen LogP contribution in [-0.2, 0) is 0 Å². The van der Waals surface area contributed by atoms with Crippen molar-refractivity contribution >= 4 is 27.5 Å². The number of oxime groups is 1. The smallest absolute Gasteiger partial charge is 0.171 e. The molecule has 0 bridgehead atoms. The van der Waals surface area contributed by atoms with Crippen molar-refractivity contribution in [3.8, 4) is 0 Å². The van der Waals surface area contributed by atoms with Gasteiger partial charge in [-0.15, -0.1) is 0 Å². The molecule has 0 saturated heterocycles. The third-order valence-corrected chi connectivity index (χ3v) is 4.38. The van der Waals surface area contributed by atoms with Gasteiger partial charge < -0.3 is 20.9 Å². The Kier molecular flexibility index (Phi) is 4.49. The van der Waals surface area contributed by atoms with Crippen LogP contribution in [0.3, 0.4) is 0 Å². The number of aliphatic hydroxyl groups excluding tert-OH is 1. The number of nitrogens with two attached hydrogens (primary N) is 1. The van der Waals surface area contributed by atoms with Gasteiger partial charge in [-0.1, -0.05) is 5.16 Å². The summed E-state index contributed by atoms with van der Waals surface area (Å²) < 4.78 is 14.5. The molecular weight excluding hydrogens is 329 g/mol. The molecule has 0 aliphatic heterocycles. The van der Waals surface area contributed by atoms with Crippen LogP contribution in [0.1, 0.15) is 18.4 Å². The molecular formula is C13H17BrFN3O2. The summed E-state index contributed by atoms with van der Waals surface area (Å²) in [6.45, 7) is 0.684. The summed E-state index contributed by atoms with van der Waals surface area (Å²) in [5.41, 5.74) is 6.22. The Morgan fingerprint density at radius 1 is 1.55 bits per heavy atom. The molecule has 1 aliphatic carbocycles. The maximum absolute atomic E-state index is 14.3. The van der Waals surface area contributed by atoms with E-state index in [1.54, 1.807) is 19.2 Å². The molecule has 1 aromatic carbocycles. The molecule has 1 aromatic rings. The van der Waals surface area contributed by atoms with E-state index in [0.29, 0.717) is 23.7 Å². The van der Waals surface area contributed by atoms with Gasteiger partial charge in [0.2, 0.25) is 0 Å². The Labute approximate surface area is 125 Å². The first-order chi connectivity index (χ1) is 9.43. The zero-order valence-electron chi connectivity index (χ0n) is 11.1. The zero-order chi connectivity index (χ0) is 14.9. The first kappa shape index (κ1) is 15.1. The number of aliphatic hydroxyl groups is 1. The minimum Gasteiger partial charge on any atom is -0.409 e. The van der Waals surface area contributed by atoms with Crippen LogP contribution in [0.4, 0.5) is 10.1 Å². The second-order valence-corrected chi connectivity index (χ2v) is 5.91. The molecule has 0 radical (unpaired) electrons. The molecule has 5 nitrogen and oxygen atoms in total. The van der Waals surface area contributed by atoms with E-state index in [-0.39, 0.29) is 16.4 Å². The molecule has 0 amide bonds. The molecule has 1 fully saturated rings. The minimum atomic E-state index is -0.448. The molecule has 0 unspecified atom stereocenters. The summed E-state index contributed by atoms with van der Waals surface area (Å²) in [4.78, 5) is 1.81. The van der Waals surface area contributed by atoms with Crippen LogP contribution in [0.25, 0.3) is 0 Å². The maximum atomic E-state index is 14.3. The van der Waals surface area contributed by atoms with Gasteiger partial charge in [0, 0.05) is 19.2 Å². The normalized spacial score (nSPS) is 22.5. The first-order valence-corrected chi connectivity index (χ1v) is 7.08. The topological polar surface area (TPSA) is 82.1 Å². The highest BCUT2D eigenvalue weighted by molar-refractivity contribution is 9.10. The van der Waals surface area contributed by atoms with Gasteiger partial charge in [-0.2, -0.15) is 0 Å². The molecule has 7 heteroatoms. The van der Waals surface area contributed by atoms with Crippen LogP contribution in [0.2, 0.25) is 0 Å². The number of amidine groups is 1. The standard InChI is InChI=1S/C13H17BrFN3O2/c1-18(6-7-4-8(19)5-7)10-3-2-9(13(16)17-20)11(14)12(10)15/h2-3,7-8,19-20H,4-6H2,1H3,(H2,16,17). The molecule has 1 aliphatic rings. The van der Waals surface area contributed by atoms with E-state index in [2.05, 4.69) is 21.1 Å². The van der Waals surface area contributed by atoms with Crippen LogP contribution >= 0.6 is 15.9 Å². The Hall–Kier alpha value is -1.34. The lowest BCUT2D eigenvalue weighted by atomic mass is 9.82. The lowest BCUT2D eigenvalue weighted by Gasteiger charge is -2.35. The van der Waals surface area contributed by atoms with Crippen molar-refractivity contribution in [1.82, 2.24) is 0 Å². The second kappa shape index (κ2) is 5.97. The molecule has 110 valence electrons.